The number of likely N-dealkylation sites (tertiary alicyclic amines) is 1. The third-order valence-electron chi connectivity index (χ3n) is 4.53. The van der Waals surface area contributed by atoms with Crippen molar-refractivity contribution in [1.29, 1.82) is 0 Å². The summed E-state index contributed by atoms with van der Waals surface area (Å²) in [5.41, 5.74) is 0. The van der Waals surface area contributed by atoms with E-state index in [1.807, 2.05) is 35.4 Å². The summed E-state index contributed by atoms with van der Waals surface area (Å²) in [7, 11) is 0. The van der Waals surface area contributed by atoms with Crippen molar-refractivity contribution in [2.45, 2.75) is 32.0 Å². The Morgan fingerprint density at radius 1 is 1.50 bits per heavy atom. The standard InChI is InChI=1S/C17H19N3O3S/c1-11-18-16(23-19-11)8-13-7-12-9-20(10-15(12)22-13)17(21)5-4-14-3-2-6-24-14/h2-6,12-13,15H,7-10H2,1H3/b5-4+/t12-,13-,15+/m0/s1. The van der Waals surface area contributed by atoms with Crippen LogP contribution in [0.5, 0.6) is 0 Å². The average Bonchev–Trinajstić information content (AvgIpc) is 3.29. The molecule has 126 valence electrons. The molecular formula is C17H19N3O3S. The van der Waals surface area contributed by atoms with Crippen LogP contribution >= 0.6 is 11.3 Å². The monoisotopic (exact) mass is 345 g/mol. The minimum atomic E-state index is 0.0606. The Morgan fingerprint density at radius 3 is 3.12 bits per heavy atom. The topological polar surface area (TPSA) is 68.5 Å². The van der Waals surface area contributed by atoms with Gasteiger partial charge in [-0.2, -0.15) is 4.98 Å². The molecule has 0 saturated carbocycles. The summed E-state index contributed by atoms with van der Waals surface area (Å²) in [6, 6.07) is 3.98. The molecule has 2 aliphatic rings. The van der Waals surface area contributed by atoms with Crippen molar-refractivity contribution >= 4 is 23.3 Å². The quantitative estimate of drug-likeness (QED) is 0.796. The molecule has 0 N–H and O–H groups in total. The van der Waals surface area contributed by atoms with E-state index in [0.29, 0.717) is 30.6 Å². The zero-order valence-electron chi connectivity index (χ0n) is 13.4. The summed E-state index contributed by atoms with van der Waals surface area (Å²) in [4.78, 5) is 19.5. The second-order valence-electron chi connectivity index (χ2n) is 6.32. The second-order valence-corrected chi connectivity index (χ2v) is 7.30. The van der Waals surface area contributed by atoms with Crippen molar-refractivity contribution in [3.63, 3.8) is 0 Å². The van der Waals surface area contributed by atoms with Crippen LogP contribution in [0, 0.1) is 12.8 Å². The van der Waals surface area contributed by atoms with Gasteiger partial charge in [0.05, 0.1) is 18.6 Å². The number of ether oxygens (including phenoxy) is 1. The molecule has 3 atom stereocenters. The molecule has 0 aromatic carbocycles. The fraction of sp³-hybridized carbons (Fsp3) is 0.471. The average molecular weight is 345 g/mol. The number of thiophene rings is 1. The molecule has 6 nitrogen and oxygen atoms in total. The van der Waals surface area contributed by atoms with Crippen LogP contribution in [0.3, 0.4) is 0 Å². The van der Waals surface area contributed by atoms with E-state index in [2.05, 4.69) is 10.1 Å². The third kappa shape index (κ3) is 3.27. The first-order valence-electron chi connectivity index (χ1n) is 8.12. The molecule has 2 aromatic rings. The van der Waals surface area contributed by atoms with Crippen LogP contribution in [0.1, 0.15) is 23.0 Å². The van der Waals surface area contributed by atoms with Crippen LogP contribution in [-0.4, -0.2) is 46.2 Å². The van der Waals surface area contributed by atoms with E-state index in [1.54, 1.807) is 17.4 Å². The molecule has 2 aromatic heterocycles. The summed E-state index contributed by atoms with van der Waals surface area (Å²) in [5.74, 6) is 1.74. The SMILES string of the molecule is Cc1noc(C[C@@H]2C[C@H]3CN(C(=O)/C=C/c4cccs4)C[C@H]3O2)n1. The lowest BCUT2D eigenvalue weighted by Gasteiger charge is -2.17. The second kappa shape index (κ2) is 6.49. The largest absolute Gasteiger partial charge is 0.372 e. The van der Waals surface area contributed by atoms with Crippen LogP contribution in [0.25, 0.3) is 6.08 Å². The maximum Gasteiger partial charge on any atom is 0.246 e. The van der Waals surface area contributed by atoms with Crippen molar-refractivity contribution in [3.05, 3.63) is 40.2 Å². The van der Waals surface area contributed by atoms with Crippen molar-refractivity contribution in [2.75, 3.05) is 13.1 Å². The van der Waals surface area contributed by atoms with Gasteiger partial charge >= 0.3 is 0 Å². The molecular weight excluding hydrogens is 326 g/mol. The van der Waals surface area contributed by atoms with Crippen molar-refractivity contribution in [1.82, 2.24) is 15.0 Å². The smallest absolute Gasteiger partial charge is 0.246 e. The zero-order valence-corrected chi connectivity index (χ0v) is 14.2. The fourth-order valence-electron chi connectivity index (χ4n) is 3.44. The Labute approximate surface area is 144 Å². The number of carbonyl (C=O) groups excluding carboxylic acids is 1. The number of amides is 1. The highest BCUT2D eigenvalue weighted by atomic mass is 32.1. The Kier molecular flexibility index (Phi) is 4.20. The van der Waals surface area contributed by atoms with Crippen LogP contribution in [-0.2, 0) is 16.0 Å². The maximum atomic E-state index is 12.3. The van der Waals surface area contributed by atoms with Gasteiger partial charge in [0, 0.05) is 30.0 Å². The van der Waals surface area contributed by atoms with Gasteiger partial charge in [0.1, 0.15) is 0 Å². The normalized spacial score (nSPS) is 26.4. The molecule has 0 spiro atoms. The van der Waals surface area contributed by atoms with Crippen LogP contribution in [0.15, 0.2) is 28.1 Å². The lowest BCUT2D eigenvalue weighted by molar-refractivity contribution is -0.125. The first-order valence-corrected chi connectivity index (χ1v) is 9.00. The molecule has 2 saturated heterocycles. The molecule has 7 heteroatoms. The molecule has 1 amide bonds. The Balaban J connectivity index is 1.30. The minimum Gasteiger partial charge on any atom is -0.372 e. The Morgan fingerprint density at radius 2 is 2.42 bits per heavy atom. The molecule has 4 heterocycles. The maximum absolute atomic E-state index is 12.3. The number of hydrogen-bond donors (Lipinski definition) is 0. The number of nitrogens with zero attached hydrogens (tertiary/aromatic N) is 3. The van der Waals surface area contributed by atoms with Gasteiger partial charge in [0.25, 0.3) is 0 Å². The highest BCUT2D eigenvalue weighted by Gasteiger charge is 2.43. The predicted octanol–water partition coefficient (Wildman–Crippen LogP) is 2.31. The Hall–Kier alpha value is -1.99. The molecule has 2 aliphatic heterocycles. The summed E-state index contributed by atoms with van der Waals surface area (Å²) in [5, 5.41) is 5.81. The van der Waals surface area contributed by atoms with E-state index in [4.69, 9.17) is 9.26 Å². The van der Waals surface area contributed by atoms with Gasteiger partial charge in [-0.1, -0.05) is 11.2 Å². The Bertz CT molecular complexity index is 726. The first-order chi connectivity index (χ1) is 11.7. The van der Waals surface area contributed by atoms with E-state index in [1.165, 1.54) is 0 Å². The zero-order chi connectivity index (χ0) is 16.5. The van der Waals surface area contributed by atoms with Crippen LogP contribution < -0.4 is 0 Å². The number of hydrogen-bond acceptors (Lipinski definition) is 6. The van der Waals surface area contributed by atoms with Crippen LogP contribution in [0.4, 0.5) is 0 Å². The number of aryl methyl sites for hydroxylation is 1. The van der Waals surface area contributed by atoms with Gasteiger partial charge < -0.3 is 14.2 Å². The highest BCUT2D eigenvalue weighted by Crippen LogP contribution is 2.34. The number of carbonyl (C=O) groups is 1. The van der Waals surface area contributed by atoms with Gasteiger partial charge in [0.15, 0.2) is 5.82 Å². The number of aromatic nitrogens is 2. The van der Waals surface area contributed by atoms with E-state index in [-0.39, 0.29) is 18.1 Å². The van der Waals surface area contributed by atoms with Crippen LogP contribution in [0.2, 0.25) is 0 Å². The summed E-state index contributed by atoms with van der Waals surface area (Å²) >= 11 is 1.62. The van der Waals surface area contributed by atoms with Crippen molar-refractivity contribution < 1.29 is 14.1 Å². The van der Waals surface area contributed by atoms with Gasteiger partial charge in [0.2, 0.25) is 11.8 Å². The molecule has 0 aliphatic carbocycles. The summed E-state index contributed by atoms with van der Waals surface area (Å²) in [6.07, 6.45) is 5.36. The fourth-order valence-corrected chi connectivity index (χ4v) is 4.05. The van der Waals surface area contributed by atoms with E-state index < -0.39 is 0 Å². The molecule has 4 rings (SSSR count). The summed E-state index contributed by atoms with van der Waals surface area (Å²) in [6.45, 7) is 3.24. The van der Waals surface area contributed by atoms with Gasteiger partial charge in [-0.05, 0) is 30.9 Å². The van der Waals surface area contributed by atoms with E-state index in [0.717, 1.165) is 17.8 Å². The summed E-state index contributed by atoms with van der Waals surface area (Å²) < 4.78 is 11.2. The van der Waals surface area contributed by atoms with E-state index >= 15 is 0 Å². The molecule has 0 unspecified atom stereocenters. The molecule has 24 heavy (non-hydrogen) atoms. The number of fused-ring (bicyclic) bond motifs is 1. The highest BCUT2D eigenvalue weighted by molar-refractivity contribution is 7.10. The lowest BCUT2D eigenvalue weighted by atomic mass is 10.0. The molecule has 0 bridgehead atoms. The van der Waals surface area contributed by atoms with E-state index in [9.17, 15) is 4.79 Å². The minimum absolute atomic E-state index is 0.0606. The first kappa shape index (κ1) is 15.5. The lowest BCUT2D eigenvalue weighted by Crippen LogP contribution is -2.30. The van der Waals surface area contributed by atoms with Gasteiger partial charge in [-0.3, -0.25) is 4.79 Å². The number of rotatable bonds is 4. The molecule has 0 radical (unpaired) electrons. The van der Waals surface area contributed by atoms with Crippen molar-refractivity contribution in [2.24, 2.45) is 5.92 Å². The van der Waals surface area contributed by atoms with Gasteiger partial charge in [-0.15, -0.1) is 11.3 Å². The van der Waals surface area contributed by atoms with Crippen molar-refractivity contribution in [3.8, 4) is 0 Å². The molecule has 2 fully saturated rings. The third-order valence-corrected chi connectivity index (χ3v) is 5.37. The predicted molar refractivity (Wildman–Crippen MR) is 89.4 cm³/mol. The van der Waals surface area contributed by atoms with Gasteiger partial charge in [-0.25, -0.2) is 0 Å².